The first-order valence-electron chi connectivity index (χ1n) is 5.54. The number of benzene rings is 1. The first-order chi connectivity index (χ1) is 8.22. The number of thioether (sulfide) groups is 2. The second-order valence-corrected chi connectivity index (χ2v) is 6.42. The minimum absolute atomic E-state index is 0.0860. The first-order valence-corrected chi connectivity index (χ1v) is 7.74. The summed E-state index contributed by atoms with van der Waals surface area (Å²) in [7, 11) is 1.87. The summed E-state index contributed by atoms with van der Waals surface area (Å²) in [6.07, 6.45) is 0. The van der Waals surface area contributed by atoms with E-state index in [1.807, 2.05) is 30.6 Å². The molecule has 0 saturated carbocycles. The highest BCUT2D eigenvalue weighted by molar-refractivity contribution is 8.06. The Bertz CT molecular complexity index is 381. The van der Waals surface area contributed by atoms with Gasteiger partial charge in [0.2, 0.25) is 0 Å². The fraction of sp³-hybridized carbons (Fsp3) is 0.500. The van der Waals surface area contributed by atoms with E-state index in [4.69, 9.17) is 0 Å². The van der Waals surface area contributed by atoms with Crippen LogP contribution in [0.15, 0.2) is 18.2 Å². The van der Waals surface area contributed by atoms with Crippen molar-refractivity contribution in [3.8, 4) is 0 Å². The Morgan fingerprint density at radius 2 is 2.12 bits per heavy atom. The number of hydrogen-bond donors (Lipinski definition) is 1. The van der Waals surface area contributed by atoms with Crippen LogP contribution in [0.25, 0.3) is 0 Å². The Morgan fingerprint density at radius 3 is 2.71 bits per heavy atom. The Hall–Kier alpha value is -0.260. The molecule has 1 heterocycles. The van der Waals surface area contributed by atoms with E-state index in [1.54, 1.807) is 6.07 Å². The van der Waals surface area contributed by atoms with Crippen LogP contribution in [0.4, 0.5) is 8.78 Å². The molecule has 1 aromatic carbocycles. The van der Waals surface area contributed by atoms with Crippen LogP contribution in [0, 0.1) is 11.6 Å². The van der Waals surface area contributed by atoms with Crippen LogP contribution in [0.1, 0.15) is 11.6 Å². The van der Waals surface area contributed by atoms with E-state index in [9.17, 15) is 8.78 Å². The van der Waals surface area contributed by atoms with Crippen LogP contribution < -0.4 is 5.32 Å². The summed E-state index contributed by atoms with van der Waals surface area (Å²) in [5.74, 6) is 1.80. The normalized spacial score (nSPS) is 22.4. The van der Waals surface area contributed by atoms with Gasteiger partial charge in [0, 0.05) is 28.6 Å². The van der Waals surface area contributed by atoms with Crippen LogP contribution in [-0.2, 0) is 0 Å². The molecule has 2 atom stereocenters. The molecule has 1 aliphatic rings. The third-order valence-corrected chi connectivity index (χ3v) is 5.69. The van der Waals surface area contributed by atoms with Crippen molar-refractivity contribution in [2.24, 2.45) is 0 Å². The zero-order chi connectivity index (χ0) is 12.3. The van der Waals surface area contributed by atoms with Crippen LogP contribution >= 0.6 is 23.5 Å². The predicted molar refractivity (Wildman–Crippen MR) is 71.7 cm³/mol. The minimum Gasteiger partial charge on any atom is -0.312 e. The van der Waals surface area contributed by atoms with E-state index in [2.05, 4.69) is 5.32 Å². The maximum atomic E-state index is 13.2. The summed E-state index contributed by atoms with van der Waals surface area (Å²) in [4.78, 5) is 0. The highest BCUT2D eigenvalue weighted by atomic mass is 32.2. The van der Waals surface area contributed by atoms with Gasteiger partial charge in [-0.2, -0.15) is 23.5 Å². The van der Waals surface area contributed by atoms with Gasteiger partial charge in [0.25, 0.3) is 0 Å². The molecule has 1 aromatic rings. The predicted octanol–water partition coefficient (Wildman–Crippen LogP) is 3.07. The zero-order valence-corrected chi connectivity index (χ0v) is 11.2. The number of halogens is 2. The smallest absolute Gasteiger partial charge is 0.159 e. The molecular weight excluding hydrogens is 260 g/mol. The van der Waals surface area contributed by atoms with Crippen LogP contribution in [0.5, 0.6) is 0 Å². The van der Waals surface area contributed by atoms with Gasteiger partial charge in [0.05, 0.1) is 0 Å². The first kappa shape index (κ1) is 13.2. The lowest BCUT2D eigenvalue weighted by atomic mass is 10.0. The average molecular weight is 275 g/mol. The molecule has 1 fully saturated rings. The Kier molecular flexibility index (Phi) is 4.70. The molecule has 5 heteroatoms. The second kappa shape index (κ2) is 6.07. The van der Waals surface area contributed by atoms with Gasteiger partial charge in [-0.05, 0) is 24.7 Å². The molecule has 2 rings (SSSR count). The van der Waals surface area contributed by atoms with Crippen molar-refractivity contribution in [2.45, 2.75) is 11.3 Å². The summed E-state index contributed by atoms with van der Waals surface area (Å²) in [5.41, 5.74) is 0.825. The zero-order valence-electron chi connectivity index (χ0n) is 9.58. The Labute approximate surface area is 109 Å². The fourth-order valence-corrected chi connectivity index (χ4v) is 4.88. The van der Waals surface area contributed by atoms with Gasteiger partial charge >= 0.3 is 0 Å². The van der Waals surface area contributed by atoms with Gasteiger partial charge in [-0.15, -0.1) is 0 Å². The quantitative estimate of drug-likeness (QED) is 0.910. The largest absolute Gasteiger partial charge is 0.312 e. The highest BCUT2D eigenvalue weighted by Gasteiger charge is 2.25. The molecule has 17 heavy (non-hydrogen) atoms. The number of rotatable bonds is 3. The molecule has 94 valence electrons. The van der Waals surface area contributed by atoms with E-state index >= 15 is 0 Å². The maximum Gasteiger partial charge on any atom is 0.159 e. The van der Waals surface area contributed by atoms with Crippen molar-refractivity contribution in [1.29, 1.82) is 0 Å². The van der Waals surface area contributed by atoms with Gasteiger partial charge in [0.1, 0.15) is 0 Å². The van der Waals surface area contributed by atoms with Crippen molar-refractivity contribution in [3.05, 3.63) is 35.4 Å². The van der Waals surface area contributed by atoms with E-state index in [1.165, 1.54) is 17.9 Å². The third-order valence-electron chi connectivity index (χ3n) is 2.83. The molecule has 1 aliphatic heterocycles. The lowest BCUT2D eigenvalue weighted by Gasteiger charge is -2.29. The topological polar surface area (TPSA) is 12.0 Å². The van der Waals surface area contributed by atoms with Gasteiger partial charge in [0.15, 0.2) is 11.6 Å². The van der Waals surface area contributed by atoms with Crippen molar-refractivity contribution in [3.63, 3.8) is 0 Å². The molecule has 0 bridgehead atoms. The van der Waals surface area contributed by atoms with E-state index in [0.717, 1.165) is 17.1 Å². The minimum atomic E-state index is -0.783. The van der Waals surface area contributed by atoms with Crippen molar-refractivity contribution in [1.82, 2.24) is 5.32 Å². The molecule has 2 unspecified atom stereocenters. The van der Waals surface area contributed by atoms with Gasteiger partial charge in [-0.1, -0.05) is 6.07 Å². The summed E-state index contributed by atoms with van der Waals surface area (Å²) >= 11 is 3.82. The lowest BCUT2D eigenvalue weighted by Crippen LogP contribution is -2.31. The van der Waals surface area contributed by atoms with Crippen LogP contribution in [-0.4, -0.2) is 29.6 Å². The van der Waals surface area contributed by atoms with E-state index in [-0.39, 0.29) is 6.04 Å². The van der Waals surface area contributed by atoms with E-state index < -0.39 is 11.6 Å². The van der Waals surface area contributed by atoms with Crippen molar-refractivity contribution in [2.75, 3.05) is 24.3 Å². The highest BCUT2D eigenvalue weighted by Crippen LogP contribution is 2.33. The monoisotopic (exact) mass is 275 g/mol. The molecular formula is C12H15F2NS2. The molecule has 0 amide bonds. The van der Waals surface area contributed by atoms with Gasteiger partial charge < -0.3 is 5.32 Å². The Balaban J connectivity index is 2.18. The molecule has 1 nitrogen and oxygen atoms in total. The fourth-order valence-electron chi connectivity index (χ4n) is 1.97. The van der Waals surface area contributed by atoms with Gasteiger partial charge in [-0.25, -0.2) is 8.78 Å². The molecule has 0 spiro atoms. The van der Waals surface area contributed by atoms with Crippen molar-refractivity contribution >= 4 is 23.5 Å². The van der Waals surface area contributed by atoms with Crippen LogP contribution in [0.3, 0.4) is 0 Å². The summed E-state index contributed by atoms with van der Waals surface area (Å²) in [6.45, 7) is 0. The number of nitrogens with one attached hydrogen (secondary N) is 1. The van der Waals surface area contributed by atoms with Crippen LogP contribution in [0.2, 0.25) is 0 Å². The summed E-state index contributed by atoms with van der Waals surface area (Å²) in [5, 5.41) is 3.63. The average Bonchev–Trinajstić information content (AvgIpc) is 2.36. The van der Waals surface area contributed by atoms with Crippen molar-refractivity contribution < 1.29 is 8.78 Å². The standard InChI is InChI=1S/C12H15F2NS2/c1-15-12(11-7-16-4-5-17-11)8-2-3-9(13)10(14)6-8/h2-3,6,11-12,15H,4-5,7H2,1H3. The summed E-state index contributed by atoms with van der Waals surface area (Å²) < 4.78 is 26.1. The third kappa shape index (κ3) is 3.14. The molecule has 1 saturated heterocycles. The van der Waals surface area contributed by atoms with Gasteiger partial charge in [-0.3, -0.25) is 0 Å². The Morgan fingerprint density at radius 1 is 1.29 bits per heavy atom. The maximum absolute atomic E-state index is 13.2. The van der Waals surface area contributed by atoms with E-state index in [0.29, 0.717) is 5.25 Å². The molecule has 0 aliphatic carbocycles. The molecule has 0 radical (unpaired) electrons. The summed E-state index contributed by atoms with van der Waals surface area (Å²) in [6, 6.07) is 4.26. The second-order valence-electron chi connectivity index (χ2n) is 3.92. The molecule has 0 aromatic heterocycles. The number of hydrogen-bond acceptors (Lipinski definition) is 3. The SMILES string of the molecule is CNC(c1ccc(F)c(F)c1)C1CSCCS1. The lowest BCUT2D eigenvalue weighted by molar-refractivity contribution is 0.501. The molecule has 1 N–H and O–H groups in total.